The first-order chi connectivity index (χ1) is 5.82. The summed E-state index contributed by atoms with van der Waals surface area (Å²) in [6.45, 7) is 6.02. The Bertz CT molecular complexity index is 296. The van der Waals surface area contributed by atoms with E-state index in [-0.39, 0.29) is 5.54 Å². The summed E-state index contributed by atoms with van der Waals surface area (Å²) >= 11 is 1.66. The number of aryl methyl sites for hydroxylation is 1. The molecule has 0 aliphatic carbocycles. The number of aromatic nitrogens is 1. The zero-order valence-electron chi connectivity index (χ0n) is 8.88. The van der Waals surface area contributed by atoms with E-state index in [0.29, 0.717) is 0 Å². The lowest BCUT2D eigenvalue weighted by molar-refractivity contribution is 0.562. The smallest absolute Gasteiger partial charge is 0.185 e. The van der Waals surface area contributed by atoms with Gasteiger partial charge in [0.25, 0.3) is 0 Å². The van der Waals surface area contributed by atoms with Gasteiger partial charge in [0, 0.05) is 24.5 Å². The van der Waals surface area contributed by atoms with E-state index in [1.54, 1.807) is 11.3 Å². The third-order valence-corrected chi connectivity index (χ3v) is 3.42. The lowest BCUT2D eigenvalue weighted by Crippen LogP contribution is -2.28. The highest BCUT2D eigenvalue weighted by Gasteiger charge is 2.21. The van der Waals surface area contributed by atoms with Crippen molar-refractivity contribution < 1.29 is 0 Å². The van der Waals surface area contributed by atoms with E-state index < -0.39 is 0 Å². The van der Waals surface area contributed by atoms with Crippen LogP contribution in [0.2, 0.25) is 0 Å². The fourth-order valence-electron chi connectivity index (χ4n) is 1.17. The molecule has 0 amide bonds. The largest absolute Gasteiger partial charge is 0.354 e. The van der Waals surface area contributed by atoms with Crippen molar-refractivity contribution in [3.63, 3.8) is 0 Å². The summed E-state index contributed by atoms with van der Waals surface area (Å²) in [5.74, 6) is 0. The summed E-state index contributed by atoms with van der Waals surface area (Å²) in [4.78, 5) is 7.61. The van der Waals surface area contributed by atoms with E-state index in [9.17, 15) is 0 Å². The molecule has 1 aromatic heterocycles. The number of nitrogens with two attached hydrogens (primary N) is 1. The van der Waals surface area contributed by atoms with Crippen molar-refractivity contribution in [1.82, 2.24) is 4.98 Å². The molecule has 1 rings (SSSR count). The Morgan fingerprint density at radius 1 is 1.38 bits per heavy atom. The quantitative estimate of drug-likeness (QED) is 0.788. The molecular formula is C9H17N3S. The van der Waals surface area contributed by atoms with Crippen LogP contribution >= 0.6 is 11.3 Å². The predicted molar refractivity (Wildman–Crippen MR) is 58.4 cm³/mol. The third-order valence-electron chi connectivity index (χ3n) is 1.75. The average Bonchev–Trinajstić information content (AvgIpc) is 2.29. The van der Waals surface area contributed by atoms with Crippen molar-refractivity contribution in [1.29, 1.82) is 0 Å². The van der Waals surface area contributed by atoms with Crippen molar-refractivity contribution in [2.24, 2.45) is 5.73 Å². The van der Waals surface area contributed by atoms with Crippen molar-refractivity contribution >= 4 is 16.5 Å². The van der Waals surface area contributed by atoms with Crippen LogP contribution in [0, 0.1) is 6.92 Å². The number of thiazole rings is 1. The molecule has 3 nitrogen and oxygen atoms in total. The van der Waals surface area contributed by atoms with Gasteiger partial charge in [0.15, 0.2) is 5.13 Å². The highest BCUT2D eigenvalue weighted by Crippen LogP contribution is 2.31. The van der Waals surface area contributed by atoms with E-state index in [4.69, 9.17) is 5.73 Å². The Hall–Kier alpha value is -0.610. The minimum absolute atomic E-state index is 0.282. The first-order valence-electron chi connectivity index (χ1n) is 4.26. The molecule has 4 heteroatoms. The topological polar surface area (TPSA) is 42.2 Å². The molecule has 0 spiro atoms. The van der Waals surface area contributed by atoms with Gasteiger partial charge in [-0.25, -0.2) is 4.98 Å². The third kappa shape index (κ3) is 2.19. The molecule has 13 heavy (non-hydrogen) atoms. The zero-order chi connectivity index (χ0) is 10.2. The van der Waals surface area contributed by atoms with Gasteiger partial charge in [-0.15, -0.1) is 0 Å². The van der Waals surface area contributed by atoms with E-state index >= 15 is 0 Å². The first kappa shape index (κ1) is 10.5. The predicted octanol–water partition coefficient (Wildman–Crippen LogP) is 1.71. The molecule has 0 fully saturated rings. The van der Waals surface area contributed by atoms with Crippen LogP contribution in [0.1, 0.15) is 24.4 Å². The van der Waals surface area contributed by atoms with Gasteiger partial charge in [0.2, 0.25) is 0 Å². The van der Waals surface area contributed by atoms with E-state index in [1.807, 2.05) is 39.8 Å². The van der Waals surface area contributed by atoms with Gasteiger partial charge in [0.1, 0.15) is 0 Å². The maximum absolute atomic E-state index is 6.02. The van der Waals surface area contributed by atoms with Gasteiger partial charge in [0.05, 0.1) is 5.69 Å². The summed E-state index contributed by atoms with van der Waals surface area (Å²) in [5, 5.41) is 1.02. The zero-order valence-corrected chi connectivity index (χ0v) is 9.70. The number of anilines is 1. The summed E-state index contributed by atoms with van der Waals surface area (Å²) < 4.78 is 0. The summed E-state index contributed by atoms with van der Waals surface area (Å²) in [7, 11) is 3.98. The summed E-state index contributed by atoms with van der Waals surface area (Å²) in [6, 6.07) is 0. The van der Waals surface area contributed by atoms with Gasteiger partial charge < -0.3 is 10.6 Å². The van der Waals surface area contributed by atoms with Gasteiger partial charge >= 0.3 is 0 Å². The van der Waals surface area contributed by atoms with Crippen LogP contribution in [0.25, 0.3) is 0 Å². The van der Waals surface area contributed by atoms with Gasteiger partial charge in [-0.2, -0.15) is 0 Å². The fraction of sp³-hybridized carbons (Fsp3) is 0.667. The molecule has 0 atom stereocenters. The van der Waals surface area contributed by atoms with Crippen LogP contribution < -0.4 is 10.6 Å². The minimum atomic E-state index is -0.282. The SMILES string of the molecule is Cc1nc(N(C)C)sc1C(C)(C)N. The summed E-state index contributed by atoms with van der Waals surface area (Å²) in [5.41, 5.74) is 6.78. The Morgan fingerprint density at radius 3 is 2.15 bits per heavy atom. The molecule has 0 aliphatic rings. The molecular weight excluding hydrogens is 182 g/mol. The number of hydrogen-bond donors (Lipinski definition) is 1. The second kappa shape index (κ2) is 3.27. The molecule has 74 valence electrons. The Kier molecular flexibility index (Phi) is 2.63. The van der Waals surface area contributed by atoms with E-state index in [0.717, 1.165) is 15.7 Å². The maximum Gasteiger partial charge on any atom is 0.185 e. The molecule has 0 bridgehead atoms. The number of hydrogen-bond acceptors (Lipinski definition) is 4. The fourth-order valence-corrected chi connectivity index (χ4v) is 2.18. The lowest BCUT2D eigenvalue weighted by atomic mass is 10.0. The molecule has 1 aromatic rings. The number of nitrogens with zero attached hydrogens (tertiary/aromatic N) is 2. The first-order valence-corrected chi connectivity index (χ1v) is 5.08. The molecule has 0 saturated carbocycles. The maximum atomic E-state index is 6.02. The Balaban J connectivity index is 3.11. The summed E-state index contributed by atoms with van der Waals surface area (Å²) in [6.07, 6.45) is 0. The highest BCUT2D eigenvalue weighted by molar-refractivity contribution is 7.15. The van der Waals surface area contributed by atoms with Crippen molar-refractivity contribution in [3.05, 3.63) is 10.6 Å². The lowest BCUT2D eigenvalue weighted by Gasteiger charge is -2.16. The normalized spacial score (nSPS) is 11.8. The van der Waals surface area contributed by atoms with Gasteiger partial charge in [-0.3, -0.25) is 0 Å². The molecule has 0 aliphatic heterocycles. The van der Waals surface area contributed by atoms with Gasteiger partial charge in [-0.1, -0.05) is 11.3 Å². The average molecular weight is 199 g/mol. The standard InChI is InChI=1S/C9H17N3S/c1-6-7(9(2,3)10)13-8(11-6)12(4)5/h10H2,1-5H3. The van der Waals surface area contributed by atoms with Crippen LogP contribution in [-0.4, -0.2) is 19.1 Å². The van der Waals surface area contributed by atoms with Crippen LogP contribution in [0.4, 0.5) is 5.13 Å². The van der Waals surface area contributed by atoms with Crippen LogP contribution in [-0.2, 0) is 5.54 Å². The molecule has 0 saturated heterocycles. The van der Waals surface area contributed by atoms with Crippen molar-refractivity contribution in [2.45, 2.75) is 26.3 Å². The molecule has 1 heterocycles. The van der Waals surface area contributed by atoms with E-state index in [2.05, 4.69) is 4.98 Å². The van der Waals surface area contributed by atoms with Crippen LogP contribution in [0.5, 0.6) is 0 Å². The van der Waals surface area contributed by atoms with Crippen molar-refractivity contribution in [2.75, 3.05) is 19.0 Å². The molecule has 0 unspecified atom stereocenters. The molecule has 0 radical (unpaired) electrons. The highest BCUT2D eigenvalue weighted by atomic mass is 32.1. The second-order valence-corrected chi connectivity index (χ2v) is 5.00. The minimum Gasteiger partial charge on any atom is -0.354 e. The van der Waals surface area contributed by atoms with Crippen LogP contribution in [0.15, 0.2) is 0 Å². The Labute approximate surface area is 83.6 Å². The molecule has 2 N–H and O–H groups in total. The number of rotatable bonds is 2. The van der Waals surface area contributed by atoms with E-state index in [1.165, 1.54) is 0 Å². The Morgan fingerprint density at radius 2 is 1.92 bits per heavy atom. The monoisotopic (exact) mass is 199 g/mol. The second-order valence-electron chi connectivity index (χ2n) is 4.03. The van der Waals surface area contributed by atoms with Crippen LogP contribution in [0.3, 0.4) is 0 Å². The molecule has 0 aromatic carbocycles. The van der Waals surface area contributed by atoms with Gasteiger partial charge in [-0.05, 0) is 20.8 Å². The van der Waals surface area contributed by atoms with Crippen molar-refractivity contribution in [3.8, 4) is 0 Å².